The number of hydrogen-bond donors (Lipinski definition) is 8. The first-order valence-electron chi connectivity index (χ1n) is 22.2. The van der Waals surface area contributed by atoms with Crippen LogP contribution in [-0.4, -0.2) is 129 Å². The van der Waals surface area contributed by atoms with Gasteiger partial charge in [-0.3, -0.25) is 52.8 Å². The predicted octanol–water partition coefficient (Wildman–Crippen LogP) is -0.838. The number of halogens is 2. The Hall–Kier alpha value is -7.82. The maximum absolute atomic E-state index is 15.3. The van der Waals surface area contributed by atoms with Crippen molar-refractivity contribution in [2.75, 3.05) is 32.8 Å². The number of rotatable bonds is 24. The zero-order chi connectivity index (χ0) is 51.9. The van der Waals surface area contributed by atoms with E-state index in [9.17, 15) is 57.4 Å². The van der Waals surface area contributed by atoms with Crippen LogP contribution in [-0.2, 0) is 54.5 Å². The SMILES string of the molecule is [2H]CC(=O)N[C@@H](CC(N)=O)C(=O)N[C@@H](CC(N)=O)C(=O)N[C@@H](CCN(C(=O)CO)[C@@H](c1cc(-c2cc(F)ccc2F)cn1Cc1ccccc1)C(C)(C)C)C(=O)NCCNC(=O)CN1C(=O)C=CC1=O. The average molecular weight is 964 g/mol. The van der Waals surface area contributed by atoms with E-state index in [1.807, 2.05) is 12.1 Å². The van der Waals surface area contributed by atoms with Crippen molar-refractivity contribution in [3.63, 3.8) is 0 Å². The van der Waals surface area contributed by atoms with Crippen molar-refractivity contribution < 1.29 is 63.2 Å². The minimum Gasteiger partial charge on any atom is -0.387 e. The molecule has 0 fully saturated rings. The second kappa shape index (κ2) is 24.3. The highest BCUT2D eigenvalue weighted by Gasteiger charge is 2.39. The van der Waals surface area contributed by atoms with Crippen LogP contribution >= 0.6 is 0 Å². The summed E-state index contributed by atoms with van der Waals surface area (Å²) in [5.74, 6) is -10.9. The number of nitrogens with two attached hydrogens (primary N) is 2. The number of primary amides is 2. The molecule has 0 aliphatic carbocycles. The molecule has 3 aromatic rings. The van der Waals surface area contributed by atoms with Crippen molar-refractivity contribution in [1.29, 1.82) is 0 Å². The number of hydrogen-bond acceptors (Lipinski definition) is 11. The van der Waals surface area contributed by atoms with E-state index in [4.69, 9.17) is 12.8 Å². The fourth-order valence-corrected chi connectivity index (χ4v) is 7.49. The fourth-order valence-electron chi connectivity index (χ4n) is 7.49. The molecule has 69 heavy (non-hydrogen) atoms. The third-order valence-electron chi connectivity index (χ3n) is 10.6. The van der Waals surface area contributed by atoms with Gasteiger partial charge in [-0.25, -0.2) is 8.78 Å². The van der Waals surface area contributed by atoms with Crippen LogP contribution < -0.4 is 38.1 Å². The van der Waals surface area contributed by atoms with E-state index in [-0.39, 0.29) is 30.8 Å². The average Bonchev–Trinajstić information content (AvgIpc) is 3.85. The van der Waals surface area contributed by atoms with E-state index in [0.29, 0.717) is 10.6 Å². The van der Waals surface area contributed by atoms with Crippen molar-refractivity contribution >= 4 is 59.1 Å². The van der Waals surface area contributed by atoms with Gasteiger partial charge in [-0.2, -0.15) is 0 Å². The quantitative estimate of drug-likeness (QED) is 0.0405. The molecule has 0 unspecified atom stereocenters. The van der Waals surface area contributed by atoms with Gasteiger partial charge < -0.3 is 52.6 Å². The molecular formula is C46H56F2N10O11. The van der Waals surface area contributed by atoms with E-state index in [0.717, 1.165) is 35.9 Å². The van der Waals surface area contributed by atoms with E-state index < -0.39 is 146 Å². The van der Waals surface area contributed by atoms with Gasteiger partial charge in [0.1, 0.15) is 42.9 Å². The standard InChI is InChI=1S/C46H56F2N10O11/c1-26(60)53-33(20-36(49)61)44(68)55-34(21-37(50)62)45(69)54-32(43(67)52-16-15-51-38(63)24-58-39(64)12-13-40(58)65)14-17-57(41(66)25-59)42(46(2,3)4)35-18-28(30-19-29(47)10-11-31(30)48)23-56(35)22-27-8-6-5-7-9-27/h5-13,18-19,23,32-34,42,59H,14-17,20-22,24-25H2,1-4H3,(H2,49,61)(H2,50,62)(H,51,63)(H,52,67)(H,53,60)(H,54,69)(H,55,68)/t32-,33-,34-,42-/m0/s1/i1D. The Balaban J connectivity index is 1.71. The number of carbonyl (C=O) groups is 10. The van der Waals surface area contributed by atoms with Crippen LogP contribution in [0.1, 0.15) is 65.6 Å². The van der Waals surface area contributed by atoms with Gasteiger partial charge in [0.2, 0.25) is 47.3 Å². The van der Waals surface area contributed by atoms with Gasteiger partial charge in [0.05, 0.1) is 18.9 Å². The molecule has 4 rings (SSSR count). The van der Waals surface area contributed by atoms with Gasteiger partial charge in [0.15, 0.2) is 0 Å². The molecular weight excluding hydrogens is 907 g/mol. The zero-order valence-corrected chi connectivity index (χ0v) is 38.1. The second-order valence-corrected chi connectivity index (χ2v) is 17.0. The van der Waals surface area contributed by atoms with Crippen LogP contribution in [0, 0.1) is 17.0 Å². The van der Waals surface area contributed by atoms with Gasteiger partial charge in [-0.05, 0) is 41.7 Å². The topological polar surface area (TPSA) is 315 Å². The second-order valence-electron chi connectivity index (χ2n) is 17.0. The molecule has 370 valence electrons. The first kappa shape index (κ1) is 52.2. The maximum Gasteiger partial charge on any atom is 0.254 e. The number of aliphatic hydroxyl groups excluding tert-OH is 1. The van der Waals surface area contributed by atoms with Gasteiger partial charge >= 0.3 is 0 Å². The summed E-state index contributed by atoms with van der Waals surface area (Å²) in [4.78, 5) is 130. The number of benzene rings is 2. The summed E-state index contributed by atoms with van der Waals surface area (Å²) >= 11 is 0. The number of nitrogens with zero attached hydrogens (tertiary/aromatic N) is 3. The van der Waals surface area contributed by atoms with Crippen LogP contribution in [0.2, 0.25) is 0 Å². The van der Waals surface area contributed by atoms with Crippen LogP contribution in [0.15, 0.2) is 72.9 Å². The Kier molecular flexibility index (Phi) is 18.3. The highest BCUT2D eigenvalue weighted by Crippen LogP contribution is 2.41. The number of imide groups is 1. The molecule has 1 aliphatic rings. The van der Waals surface area contributed by atoms with Crippen molar-refractivity contribution in [2.24, 2.45) is 16.9 Å². The lowest BCUT2D eigenvalue weighted by Gasteiger charge is -2.41. The Morgan fingerprint density at radius 1 is 0.797 bits per heavy atom. The largest absolute Gasteiger partial charge is 0.387 e. The molecule has 2 aromatic carbocycles. The number of amides is 10. The van der Waals surface area contributed by atoms with Gasteiger partial charge in [0, 0.05) is 69.6 Å². The number of aliphatic hydroxyl groups is 1. The summed E-state index contributed by atoms with van der Waals surface area (Å²) in [6, 6.07) is 7.42. The van der Waals surface area contributed by atoms with E-state index in [1.165, 1.54) is 4.90 Å². The first-order chi connectivity index (χ1) is 33.0. The Bertz CT molecular complexity index is 2480. The Morgan fingerprint density at radius 2 is 1.39 bits per heavy atom. The Labute approximate surface area is 396 Å². The number of aromatic nitrogens is 1. The molecule has 0 saturated heterocycles. The molecule has 4 atom stereocenters. The molecule has 1 aliphatic heterocycles. The first-order valence-corrected chi connectivity index (χ1v) is 21.5. The van der Waals surface area contributed by atoms with Gasteiger partial charge in [-0.15, -0.1) is 0 Å². The molecule has 21 nitrogen and oxygen atoms in total. The maximum atomic E-state index is 15.3. The van der Waals surface area contributed by atoms with Crippen molar-refractivity contribution in [2.45, 2.75) is 77.6 Å². The van der Waals surface area contributed by atoms with Crippen molar-refractivity contribution in [1.82, 2.24) is 41.0 Å². The lowest BCUT2D eigenvalue weighted by atomic mass is 9.82. The summed E-state index contributed by atoms with van der Waals surface area (Å²) in [5, 5.41) is 22.1. The predicted molar refractivity (Wildman–Crippen MR) is 242 cm³/mol. The summed E-state index contributed by atoms with van der Waals surface area (Å²) in [5.41, 5.74) is 11.1. The van der Waals surface area contributed by atoms with Crippen LogP contribution in [0.25, 0.3) is 11.1 Å². The minimum atomic E-state index is -1.85. The lowest BCUT2D eigenvalue weighted by Crippen LogP contribution is -2.58. The molecule has 0 saturated carbocycles. The third-order valence-corrected chi connectivity index (χ3v) is 10.6. The van der Waals surface area contributed by atoms with Crippen molar-refractivity contribution in [3.05, 3.63) is 95.8 Å². The molecule has 10 amide bonds. The Morgan fingerprint density at radius 3 is 1.97 bits per heavy atom. The van der Waals surface area contributed by atoms with E-state index >= 15 is 4.39 Å². The molecule has 0 bridgehead atoms. The molecule has 0 radical (unpaired) electrons. The highest BCUT2D eigenvalue weighted by molar-refractivity contribution is 6.14. The van der Waals surface area contributed by atoms with Crippen LogP contribution in [0.3, 0.4) is 0 Å². The molecule has 0 spiro atoms. The number of carbonyl (C=O) groups excluding carboxylic acids is 10. The van der Waals surface area contributed by atoms with Gasteiger partial charge in [0.25, 0.3) is 11.8 Å². The third kappa shape index (κ3) is 15.6. The van der Waals surface area contributed by atoms with E-state index in [1.54, 1.807) is 55.8 Å². The van der Waals surface area contributed by atoms with Crippen molar-refractivity contribution in [3.8, 4) is 11.1 Å². The number of nitrogens with one attached hydrogen (secondary N) is 5. The zero-order valence-electron chi connectivity index (χ0n) is 39.1. The van der Waals surface area contributed by atoms with E-state index in [2.05, 4.69) is 26.6 Å². The summed E-state index contributed by atoms with van der Waals surface area (Å²) in [7, 11) is 0. The molecule has 1 aromatic heterocycles. The minimum absolute atomic E-state index is 0.0799. The molecule has 2 heterocycles. The van der Waals surface area contributed by atoms with Gasteiger partial charge in [-0.1, -0.05) is 51.1 Å². The smallest absolute Gasteiger partial charge is 0.254 e. The normalized spacial score (nSPS) is 14.2. The summed E-state index contributed by atoms with van der Waals surface area (Å²) < 4.78 is 38.9. The highest BCUT2D eigenvalue weighted by atomic mass is 19.1. The summed E-state index contributed by atoms with van der Waals surface area (Å²) in [6.45, 7) is 2.04. The summed E-state index contributed by atoms with van der Waals surface area (Å²) in [6.07, 6.45) is 1.48. The molecule has 23 heteroatoms. The van der Waals surface area contributed by atoms with Crippen LogP contribution in [0.4, 0.5) is 8.78 Å². The fraction of sp³-hybridized carbons (Fsp3) is 0.391. The molecule has 10 N–H and O–H groups in total. The monoisotopic (exact) mass is 963 g/mol. The lowest BCUT2D eigenvalue weighted by molar-refractivity contribution is -0.141. The van der Waals surface area contributed by atoms with Crippen LogP contribution in [0.5, 0.6) is 0 Å².